The van der Waals surface area contributed by atoms with Crippen LogP contribution in [0.4, 0.5) is 0 Å². The van der Waals surface area contributed by atoms with Crippen LogP contribution < -0.4 is 5.32 Å². The Hall–Kier alpha value is -0.660. The minimum atomic E-state index is 0. The van der Waals surface area contributed by atoms with Gasteiger partial charge in [0, 0.05) is 16.0 Å². The first kappa shape index (κ1) is 16.4. The zero-order valence-corrected chi connectivity index (χ0v) is 14.1. The molecule has 104 valence electrons. The Morgan fingerprint density at radius 1 is 1.42 bits per heavy atom. The fraction of sp³-hybridized carbons (Fsp3) is 0.385. The number of aromatic nitrogens is 2. The topological polar surface area (TPSA) is 51.0 Å². The molecule has 1 N–H and O–H groups in total. The summed E-state index contributed by atoms with van der Waals surface area (Å²) in [5.74, 6) is 1.34. The molecule has 0 saturated heterocycles. The predicted molar refractivity (Wildman–Crippen MR) is 86.7 cm³/mol. The van der Waals surface area contributed by atoms with Crippen molar-refractivity contribution in [2.24, 2.45) is 0 Å². The number of nitrogens with zero attached hydrogens (tertiary/aromatic N) is 2. The molecule has 0 aliphatic rings. The first-order chi connectivity index (χ1) is 8.61. The zero-order chi connectivity index (χ0) is 13.1. The predicted octanol–water partition coefficient (Wildman–Crippen LogP) is 3.22. The Bertz CT molecular complexity index is 544. The molecular weight excluding hydrogens is 377 g/mol. The molecule has 1 aromatic carbocycles. The summed E-state index contributed by atoms with van der Waals surface area (Å²) < 4.78 is 6.50. The van der Waals surface area contributed by atoms with Gasteiger partial charge in [-0.05, 0) is 55.1 Å². The van der Waals surface area contributed by atoms with Crippen LogP contribution in [0.2, 0.25) is 0 Å². The van der Waals surface area contributed by atoms with E-state index in [4.69, 9.17) is 4.52 Å². The zero-order valence-electron chi connectivity index (χ0n) is 11.1. The fourth-order valence-electron chi connectivity index (χ4n) is 1.63. The maximum absolute atomic E-state index is 5.34. The molecule has 0 aliphatic carbocycles. The van der Waals surface area contributed by atoms with Crippen LogP contribution in [0.3, 0.4) is 0 Å². The molecule has 0 amide bonds. The highest BCUT2D eigenvalue weighted by Gasteiger charge is 2.14. The SMILES string of the molecule is CNC(C)Cc1noc(-c2cccc(C)c2I)n1.Cl. The molecule has 0 fully saturated rings. The lowest BCUT2D eigenvalue weighted by molar-refractivity contribution is 0.418. The lowest BCUT2D eigenvalue weighted by Crippen LogP contribution is -2.24. The van der Waals surface area contributed by atoms with Crippen LogP contribution in [0.25, 0.3) is 11.5 Å². The maximum Gasteiger partial charge on any atom is 0.259 e. The standard InChI is InChI=1S/C13H16IN3O.ClH/c1-8-5-4-6-10(12(8)14)13-16-11(17-18-13)7-9(2)15-3;/h4-6,9,15H,7H2,1-3H3;1H. The highest BCUT2D eigenvalue weighted by molar-refractivity contribution is 14.1. The van der Waals surface area contributed by atoms with Gasteiger partial charge in [0.1, 0.15) is 0 Å². The number of halogens is 2. The largest absolute Gasteiger partial charge is 0.334 e. The molecule has 6 heteroatoms. The molecule has 0 aliphatic heterocycles. The van der Waals surface area contributed by atoms with Crippen LogP contribution >= 0.6 is 35.0 Å². The van der Waals surface area contributed by atoms with Gasteiger partial charge in [0.25, 0.3) is 5.89 Å². The van der Waals surface area contributed by atoms with E-state index in [1.165, 1.54) is 5.56 Å². The van der Waals surface area contributed by atoms with Crippen LogP contribution in [0.1, 0.15) is 18.3 Å². The molecule has 0 saturated carbocycles. The summed E-state index contributed by atoms with van der Waals surface area (Å²) >= 11 is 2.31. The number of hydrogen-bond donors (Lipinski definition) is 1. The first-order valence-corrected chi connectivity index (χ1v) is 6.95. The van der Waals surface area contributed by atoms with E-state index in [-0.39, 0.29) is 12.4 Å². The molecule has 0 radical (unpaired) electrons. The summed E-state index contributed by atoms with van der Waals surface area (Å²) in [4.78, 5) is 4.45. The van der Waals surface area contributed by atoms with Gasteiger partial charge in [-0.1, -0.05) is 17.3 Å². The number of rotatable bonds is 4. The molecule has 1 heterocycles. The van der Waals surface area contributed by atoms with E-state index < -0.39 is 0 Å². The van der Waals surface area contributed by atoms with Gasteiger partial charge in [0.05, 0.1) is 5.56 Å². The number of aryl methyl sites for hydroxylation is 1. The fourth-order valence-corrected chi connectivity index (χ4v) is 2.23. The second-order valence-corrected chi connectivity index (χ2v) is 5.42. The summed E-state index contributed by atoms with van der Waals surface area (Å²) in [6.45, 7) is 4.16. The number of likely N-dealkylation sites (N-methyl/N-ethyl adjacent to an activating group) is 1. The normalized spacial score (nSPS) is 12.0. The monoisotopic (exact) mass is 393 g/mol. The Balaban J connectivity index is 0.00000180. The van der Waals surface area contributed by atoms with Crippen molar-refractivity contribution in [1.29, 1.82) is 0 Å². The molecule has 1 aromatic heterocycles. The van der Waals surface area contributed by atoms with Crippen LogP contribution in [-0.2, 0) is 6.42 Å². The van der Waals surface area contributed by atoms with Crippen LogP contribution in [-0.4, -0.2) is 23.2 Å². The molecule has 2 rings (SSSR count). The van der Waals surface area contributed by atoms with Crippen molar-refractivity contribution in [1.82, 2.24) is 15.5 Å². The van der Waals surface area contributed by atoms with Gasteiger partial charge in [-0.15, -0.1) is 12.4 Å². The Labute approximate surface area is 132 Å². The molecule has 0 bridgehead atoms. The van der Waals surface area contributed by atoms with Crippen molar-refractivity contribution in [2.75, 3.05) is 7.05 Å². The molecule has 0 spiro atoms. The number of benzene rings is 1. The summed E-state index contributed by atoms with van der Waals surface area (Å²) in [7, 11) is 1.93. The second-order valence-electron chi connectivity index (χ2n) is 4.35. The third-order valence-electron chi connectivity index (χ3n) is 2.87. The quantitative estimate of drug-likeness (QED) is 0.811. The van der Waals surface area contributed by atoms with Gasteiger partial charge in [0.2, 0.25) is 0 Å². The van der Waals surface area contributed by atoms with Gasteiger partial charge in [0.15, 0.2) is 5.82 Å². The highest BCUT2D eigenvalue weighted by Crippen LogP contribution is 2.26. The van der Waals surface area contributed by atoms with Crippen molar-refractivity contribution >= 4 is 35.0 Å². The third-order valence-corrected chi connectivity index (χ3v) is 4.30. The van der Waals surface area contributed by atoms with Crippen LogP contribution in [0, 0.1) is 10.5 Å². The average molecular weight is 394 g/mol. The van der Waals surface area contributed by atoms with E-state index in [0.29, 0.717) is 11.9 Å². The smallest absolute Gasteiger partial charge is 0.259 e. The lowest BCUT2D eigenvalue weighted by Gasteiger charge is -2.05. The van der Waals surface area contributed by atoms with E-state index in [2.05, 4.69) is 58.0 Å². The van der Waals surface area contributed by atoms with Crippen molar-refractivity contribution in [3.63, 3.8) is 0 Å². The average Bonchev–Trinajstić information content (AvgIpc) is 2.80. The number of nitrogens with one attached hydrogen (secondary N) is 1. The molecular formula is C13H17ClIN3O. The third kappa shape index (κ3) is 3.90. The van der Waals surface area contributed by atoms with Gasteiger partial charge in [-0.25, -0.2) is 0 Å². The van der Waals surface area contributed by atoms with Gasteiger partial charge < -0.3 is 9.84 Å². The van der Waals surface area contributed by atoms with E-state index in [1.807, 2.05) is 19.2 Å². The lowest BCUT2D eigenvalue weighted by atomic mass is 10.1. The van der Waals surface area contributed by atoms with Crippen molar-refractivity contribution in [2.45, 2.75) is 26.3 Å². The molecule has 2 aromatic rings. The van der Waals surface area contributed by atoms with E-state index >= 15 is 0 Å². The first-order valence-electron chi connectivity index (χ1n) is 5.87. The summed E-state index contributed by atoms with van der Waals surface area (Å²) in [5.41, 5.74) is 2.22. The van der Waals surface area contributed by atoms with Crippen molar-refractivity contribution in [3.05, 3.63) is 33.2 Å². The summed E-state index contributed by atoms with van der Waals surface area (Å²) in [6.07, 6.45) is 0.766. The molecule has 19 heavy (non-hydrogen) atoms. The van der Waals surface area contributed by atoms with Gasteiger partial charge in [-0.2, -0.15) is 4.98 Å². The Kier molecular flexibility index (Phi) is 6.22. The van der Waals surface area contributed by atoms with E-state index in [9.17, 15) is 0 Å². The highest BCUT2D eigenvalue weighted by atomic mass is 127. The van der Waals surface area contributed by atoms with Crippen LogP contribution in [0.15, 0.2) is 22.7 Å². The Morgan fingerprint density at radius 2 is 2.16 bits per heavy atom. The van der Waals surface area contributed by atoms with E-state index in [1.54, 1.807) is 0 Å². The van der Waals surface area contributed by atoms with Gasteiger partial charge >= 0.3 is 0 Å². The van der Waals surface area contributed by atoms with Crippen LogP contribution in [0.5, 0.6) is 0 Å². The minimum Gasteiger partial charge on any atom is -0.334 e. The molecule has 1 atom stereocenters. The minimum absolute atomic E-state index is 0. The van der Waals surface area contributed by atoms with Crippen molar-refractivity contribution in [3.8, 4) is 11.5 Å². The summed E-state index contributed by atoms with van der Waals surface area (Å²) in [6, 6.07) is 6.43. The number of hydrogen-bond acceptors (Lipinski definition) is 4. The van der Waals surface area contributed by atoms with E-state index in [0.717, 1.165) is 21.4 Å². The molecule has 1 unspecified atom stereocenters. The van der Waals surface area contributed by atoms with Gasteiger partial charge in [-0.3, -0.25) is 0 Å². The Morgan fingerprint density at radius 3 is 2.84 bits per heavy atom. The van der Waals surface area contributed by atoms with Crippen molar-refractivity contribution < 1.29 is 4.52 Å². The molecule has 4 nitrogen and oxygen atoms in total. The summed E-state index contributed by atoms with van der Waals surface area (Å²) in [5, 5.41) is 7.18. The second kappa shape index (κ2) is 7.21. The maximum atomic E-state index is 5.34.